The van der Waals surface area contributed by atoms with E-state index in [1.807, 2.05) is 24.3 Å². The summed E-state index contributed by atoms with van der Waals surface area (Å²) in [6.45, 7) is 2.22. The second-order valence-corrected chi connectivity index (χ2v) is 5.98. The Balaban J connectivity index is 1.77. The number of carbonyl (C=O) groups is 2. The normalized spacial score (nSPS) is 15.2. The predicted molar refractivity (Wildman–Crippen MR) is 97.5 cm³/mol. The van der Waals surface area contributed by atoms with E-state index in [0.29, 0.717) is 30.9 Å². The average Bonchev–Trinajstić information content (AvgIpc) is 2.67. The Morgan fingerprint density at radius 3 is 2.78 bits per heavy atom. The molecule has 0 aliphatic carbocycles. The summed E-state index contributed by atoms with van der Waals surface area (Å²) in [6, 6.07) is 12.2. The molecule has 1 aliphatic rings. The summed E-state index contributed by atoms with van der Waals surface area (Å²) < 4.78 is 16.3. The zero-order valence-electron chi connectivity index (χ0n) is 14.9. The van der Waals surface area contributed by atoms with Crippen molar-refractivity contribution in [3.63, 3.8) is 0 Å². The Bertz CT molecular complexity index is 835. The van der Waals surface area contributed by atoms with E-state index in [0.717, 1.165) is 11.3 Å². The lowest BCUT2D eigenvalue weighted by atomic mass is 10.00. The summed E-state index contributed by atoms with van der Waals surface area (Å²) in [4.78, 5) is 23.4. The minimum Gasteiger partial charge on any atom is -0.493 e. The fourth-order valence-corrected chi connectivity index (χ4v) is 2.91. The Morgan fingerprint density at radius 2 is 2.00 bits per heavy atom. The molecule has 1 amide bonds. The first-order chi connectivity index (χ1) is 13.1. The summed E-state index contributed by atoms with van der Waals surface area (Å²) in [5.41, 5.74) is 1.36. The van der Waals surface area contributed by atoms with Crippen LogP contribution in [0.15, 0.2) is 42.5 Å². The molecule has 0 spiro atoms. The first-order valence-corrected chi connectivity index (χ1v) is 8.72. The highest BCUT2D eigenvalue weighted by molar-refractivity contribution is 5.95. The third kappa shape index (κ3) is 4.49. The number of para-hydroxylation sites is 1. The summed E-state index contributed by atoms with van der Waals surface area (Å²) in [5.74, 6) is 0.0624. The van der Waals surface area contributed by atoms with Crippen molar-refractivity contribution in [2.24, 2.45) is 0 Å². The maximum Gasteiger partial charge on any atom is 0.341 e. The molecule has 1 unspecified atom stereocenters. The van der Waals surface area contributed by atoms with Gasteiger partial charge in [-0.2, -0.15) is 0 Å². The topological polar surface area (TPSA) is 94.1 Å². The summed E-state index contributed by atoms with van der Waals surface area (Å²) >= 11 is 0. The van der Waals surface area contributed by atoms with Crippen molar-refractivity contribution in [3.8, 4) is 17.2 Å². The number of hydrogen-bond donors (Lipinski definition) is 2. The smallest absolute Gasteiger partial charge is 0.341 e. The van der Waals surface area contributed by atoms with Gasteiger partial charge in [-0.3, -0.25) is 4.79 Å². The maximum atomic E-state index is 12.7. The van der Waals surface area contributed by atoms with Crippen molar-refractivity contribution in [1.82, 2.24) is 5.32 Å². The Kier molecular flexibility index (Phi) is 5.80. The van der Waals surface area contributed by atoms with Crippen molar-refractivity contribution in [2.75, 3.05) is 19.8 Å². The zero-order valence-corrected chi connectivity index (χ0v) is 14.9. The molecule has 3 rings (SSSR count). The van der Waals surface area contributed by atoms with E-state index in [9.17, 15) is 9.59 Å². The van der Waals surface area contributed by atoms with Gasteiger partial charge in [0.1, 0.15) is 5.75 Å². The minimum atomic E-state index is -1.09. The highest BCUT2D eigenvalue weighted by Gasteiger charge is 2.23. The molecule has 142 valence electrons. The number of benzene rings is 2. The molecule has 7 nitrogen and oxygen atoms in total. The lowest BCUT2D eigenvalue weighted by molar-refractivity contribution is -0.139. The lowest BCUT2D eigenvalue weighted by Crippen LogP contribution is -2.32. The molecule has 2 N–H and O–H groups in total. The number of carboxylic acid groups (broad SMARTS) is 1. The standard InChI is InChI=1S/C20H21NO6/c1-2-25-18-11-13(7-8-17(18)27-12-19(22)23)20(24)21-15-9-10-26-16-6-4-3-5-14(15)16/h3-8,11,15H,2,9-10,12H2,1H3,(H,21,24)(H,22,23). The number of rotatable bonds is 7. The molecule has 1 heterocycles. The summed E-state index contributed by atoms with van der Waals surface area (Å²) in [6.07, 6.45) is 0.681. The van der Waals surface area contributed by atoms with Gasteiger partial charge in [0.15, 0.2) is 18.1 Å². The third-order valence-corrected chi connectivity index (χ3v) is 4.12. The van der Waals surface area contributed by atoms with Crippen LogP contribution >= 0.6 is 0 Å². The van der Waals surface area contributed by atoms with Crippen molar-refractivity contribution in [2.45, 2.75) is 19.4 Å². The molecular weight excluding hydrogens is 350 g/mol. The molecule has 2 aromatic carbocycles. The van der Waals surface area contributed by atoms with Gasteiger partial charge in [0.05, 0.1) is 19.3 Å². The van der Waals surface area contributed by atoms with Gasteiger partial charge in [-0.05, 0) is 31.2 Å². The van der Waals surface area contributed by atoms with E-state index in [-0.39, 0.29) is 17.7 Å². The average molecular weight is 371 g/mol. The molecule has 7 heteroatoms. The van der Waals surface area contributed by atoms with Gasteiger partial charge < -0.3 is 24.6 Å². The van der Waals surface area contributed by atoms with E-state index in [1.165, 1.54) is 0 Å². The van der Waals surface area contributed by atoms with Crippen molar-refractivity contribution >= 4 is 11.9 Å². The van der Waals surface area contributed by atoms with Crippen molar-refractivity contribution in [3.05, 3.63) is 53.6 Å². The largest absolute Gasteiger partial charge is 0.493 e. The van der Waals surface area contributed by atoms with Gasteiger partial charge in [-0.25, -0.2) is 4.79 Å². The van der Waals surface area contributed by atoms with E-state index in [1.54, 1.807) is 25.1 Å². The van der Waals surface area contributed by atoms with Crippen LogP contribution in [-0.4, -0.2) is 36.8 Å². The van der Waals surface area contributed by atoms with Gasteiger partial charge in [-0.1, -0.05) is 18.2 Å². The SMILES string of the molecule is CCOc1cc(C(=O)NC2CCOc3ccccc32)ccc1OCC(=O)O. The van der Waals surface area contributed by atoms with Gasteiger partial charge in [0.25, 0.3) is 5.91 Å². The Labute approximate surface area is 156 Å². The summed E-state index contributed by atoms with van der Waals surface area (Å²) in [7, 11) is 0. The molecule has 0 saturated heterocycles. The van der Waals surface area contributed by atoms with E-state index >= 15 is 0 Å². The number of nitrogens with one attached hydrogen (secondary N) is 1. The van der Waals surface area contributed by atoms with Gasteiger partial charge in [0, 0.05) is 17.5 Å². The Morgan fingerprint density at radius 1 is 1.19 bits per heavy atom. The highest BCUT2D eigenvalue weighted by Crippen LogP contribution is 2.32. The molecule has 27 heavy (non-hydrogen) atoms. The summed E-state index contributed by atoms with van der Waals surface area (Å²) in [5, 5.41) is 11.8. The number of ether oxygens (including phenoxy) is 3. The van der Waals surface area contributed by atoms with Gasteiger partial charge in [-0.15, -0.1) is 0 Å². The molecule has 0 radical (unpaired) electrons. The van der Waals surface area contributed by atoms with E-state index in [2.05, 4.69) is 5.32 Å². The highest BCUT2D eigenvalue weighted by atomic mass is 16.5. The van der Waals surface area contributed by atoms with E-state index in [4.69, 9.17) is 19.3 Å². The third-order valence-electron chi connectivity index (χ3n) is 4.12. The molecule has 0 aromatic heterocycles. The van der Waals surface area contributed by atoms with Crippen LogP contribution in [0.2, 0.25) is 0 Å². The van der Waals surface area contributed by atoms with Crippen LogP contribution < -0.4 is 19.5 Å². The van der Waals surface area contributed by atoms with Crippen LogP contribution in [0.25, 0.3) is 0 Å². The number of amides is 1. The molecule has 0 saturated carbocycles. The van der Waals surface area contributed by atoms with Crippen LogP contribution in [0, 0.1) is 0 Å². The first kappa shape index (κ1) is 18.6. The number of hydrogen-bond acceptors (Lipinski definition) is 5. The molecular formula is C20H21NO6. The van der Waals surface area contributed by atoms with Crippen LogP contribution in [0.4, 0.5) is 0 Å². The monoisotopic (exact) mass is 371 g/mol. The van der Waals surface area contributed by atoms with Crippen LogP contribution in [0.3, 0.4) is 0 Å². The van der Waals surface area contributed by atoms with Crippen molar-refractivity contribution in [1.29, 1.82) is 0 Å². The Hall–Kier alpha value is -3.22. The quantitative estimate of drug-likeness (QED) is 0.777. The molecule has 2 aromatic rings. The number of aliphatic carboxylic acids is 1. The fraction of sp³-hybridized carbons (Fsp3) is 0.300. The predicted octanol–water partition coefficient (Wildman–Crippen LogP) is 2.80. The van der Waals surface area contributed by atoms with Gasteiger partial charge in [0.2, 0.25) is 0 Å². The number of fused-ring (bicyclic) bond motifs is 1. The lowest BCUT2D eigenvalue weighted by Gasteiger charge is -2.26. The zero-order chi connectivity index (χ0) is 19.2. The maximum absolute atomic E-state index is 12.7. The van der Waals surface area contributed by atoms with Crippen LogP contribution in [0.1, 0.15) is 35.3 Å². The number of carboxylic acids is 1. The second-order valence-electron chi connectivity index (χ2n) is 5.98. The van der Waals surface area contributed by atoms with Crippen molar-refractivity contribution < 1.29 is 28.9 Å². The minimum absolute atomic E-state index is 0.138. The molecule has 0 fully saturated rings. The second kappa shape index (κ2) is 8.44. The molecule has 0 bridgehead atoms. The van der Waals surface area contributed by atoms with Crippen LogP contribution in [0.5, 0.6) is 17.2 Å². The molecule has 1 atom stereocenters. The van der Waals surface area contributed by atoms with Crippen LogP contribution in [-0.2, 0) is 4.79 Å². The van der Waals surface area contributed by atoms with Gasteiger partial charge >= 0.3 is 5.97 Å². The first-order valence-electron chi connectivity index (χ1n) is 8.72. The van der Waals surface area contributed by atoms with E-state index < -0.39 is 12.6 Å². The number of carbonyl (C=O) groups excluding carboxylic acids is 1. The molecule has 1 aliphatic heterocycles. The fourth-order valence-electron chi connectivity index (χ4n) is 2.91.